The van der Waals surface area contributed by atoms with E-state index in [1.807, 2.05) is 6.92 Å². The lowest BCUT2D eigenvalue weighted by Gasteiger charge is -2.20. The fourth-order valence-corrected chi connectivity index (χ4v) is 1.32. The van der Waals surface area contributed by atoms with E-state index in [1.54, 1.807) is 0 Å². The quantitative estimate of drug-likeness (QED) is 0.576. The molecule has 0 saturated carbocycles. The van der Waals surface area contributed by atoms with E-state index in [0.29, 0.717) is 12.5 Å². The molecule has 1 amide bonds. The average molecular weight is 229 g/mol. The van der Waals surface area contributed by atoms with Gasteiger partial charge in [-0.25, -0.2) is 0 Å². The number of amides is 1. The van der Waals surface area contributed by atoms with Crippen molar-refractivity contribution < 1.29 is 4.79 Å². The molecule has 0 bridgehead atoms. The molecular weight excluding hydrogens is 202 g/mol. The smallest absolute Gasteiger partial charge is 0.221 e. The van der Waals surface area contributed by atoms with Crippen molar-refractivity contribution in [3.8, 4) is 0 Å². The van der Waals surface area contributed by atoms with E-state index < -0.39 is 0 Å². The summed E-state index contributed by atoms with van der Waals surface area (Å²) in [5.74, 6) is 0.134. The highest BCUT2D eigenvalue weighted by Crippen LogP contribution is 1.94. The van der Waals surface area contributed by atoms with Crippen LogP contribution in [0.3, 0.4) is 0 Å². The maximum atomic E-state index is 11.1. The largest absolute Gasteiger partial charge is 0.356 e. The third-order valence-electron chi connectivity index (χ3n) is 2.65. The van der Waals surface area contributed by atoms with Crippen molar-refractivity contribution in [2.75, 3.05) is 33.2 Å². The molecule has 0 saturated heterocycles. The first-order valence-corrected chi connectivity index (χ1v) is 6.25. The van der Waals surface area contributed by atoms with Gasteiger partial charge in [0.15, 0.2) is 0 Å². The van der Waals surface area contributed by atoms with Gasteiger partial charge in [0.25, 0.3) is 0 Å². The number of rotatable bonds is 9. The highest BCUT2D eigenvalue weighted by atomic mass is 16.1. The summed E-state index contributed by atoms with van der Waals surface area (Å²) in [6.45, 7) is 9.91. The molecule has 4 nitrogen and oxygen atoms in total. The van der Waals surface area contributed by atoms with Gasteiger partial charge in [-0.1, -0.05) is 0 Å². The number of carbonyl (C=O) groups excluding carboxylic acids is 1. The molecule has 2 N–H and O–H groups in total. The van der Waals surface area contributed by atoms with E-state index in [4.69, 9.17) is 0 Å². The van der Waals surface area contributed by atoms with Crippen molar-refractivity contribution in [1.29, 1.82) is 0 Å². The van der Waals surface area contributed by atoms with Crippen LogP contribution < -0.4 is 10.6 Å². The molecule has 4 heteroatoms. The Morgan fingerprint density at radius 3 is 2.56 bits per heavy atom. The van der Waals surface area contributed by atoms with Crippen LogP contribution in [0.1, 0.15) is 33.6 Å². The summed E-state index contributed by atoms with van der Waals surface area (Å²) < 4.78 is 0. The van der Waals surface area contributed by atoms with Crippen LogP contribution in [0.25, 0.3) is 0 Å². The van der Waals surface area contributed by atoms with Crippen LogP contribution in [0, 0.1) is 0 Å². The van der Waals surface area contributed by atoms with E-state index >= 15 is 0 Å². The normalized spacial score (nSPS) is 11.1. The SMILES string of the molecule is CCNC(=O)CCNCCCN(C)C(C)C. The van der Waals surface area contributed by atoms with E-state index in [0.717, 1.165) is 32.6 Å². The van der Waals surface area contributed by atoms with Crippen LogP contribution in [0.2, 0.25) is 0 Å². The Morgan fingerprint density at radius 2 is 2.00 bits per heavy atom. The second-order valence-electron chi connectivity index (χ2n) is 4.38. The van der Waals surface area contributed by atoms with Gasteiger partial charge >= 0.3 is 0 Å². The Kier molecular flexibility index (Phi) is 9.24. The van der Waals surface area contributed by atoms with Crippen molar-refractivity contribution in [2.45, 2.75) is 39.7 Å². The summed E-state index contributed by atoms with van der Waals surface area (Å²) in [5, 5.41) is 6.06. The molecule has 0 rings (SSSR count). The first-order chi connectivity index (χ1) is 7.57. The summed E-state index contributed by atoms with van der Waals surface area (Å²) in [6.07, 6.45) is 1.71. The van der Waals surface area contributed by atoms with Crippen LogP contribution in [0.4, 0.5) is 0 Å². The Hall–Kier alpha value is -0.610. The average Bonchev–Trinajstić information content (AvgIpc) is 2.23. The standard InChI is InChI=1S/C12H27N3O/c1-5-14-12(16)7-9-13-8-6-10-15(4)11(2)3/h11,13H,5-10H2,1-4H3,(H,14,16). The third kappa shape index (κ3) is 8.68. The van der Waals surface area contributed by atoms with Crippen molar-refractivity contribution in [3.05, 3.63) is 0 Å². The fourth-order valence-electron chi connectivity index (χ4n) is 1.32. The lowest BCUT2D eigenvalue weighted by molar-refractivity contribution is -0.120. The summed E-state index contributed by atoms with van der Waals surface area (Å²) in [6, 6.07) is 0.607. The van der Waals surface area contributed by atoms with E-state index in [2.05, 4.69) is 36.4 Å². The first kappa shape index (κ1) is 15.4. The molecule has 0 aromatic carbocycles. The number of hydrogen-bond donors (Lipinski definition) is 2. The molecule has 0 fully saturated rings. The monoisotopic (exact) mass is 229 g/mol. The number of nitrogens with zero attached hydrogens (tertiary/aromatic N) is 1. The third-order valence-corrected chi connectivity index (χ3v) is 2.65. The Bertz CT molecular complexity index is 183. The molecule has 0 aliphatic heterocycles. The summed E-state index contributed by atoms with van der Waals surface area (Å²) in [5.41, 5.74) is 0. The molecule has 0 aromatic heterocycles. The predicted molar refractivity (Wildman–Crippen MR) is 68.6 cm³/mol. The fraction of sp³-hybridized carbons (Fsp3) is 0.917. The second kappa shape index (κ2) is 9.60. The number of carbonyl (C=O) groups is 1. The van der Waals surface area contributed by atoms with Gasteiger partial charge in [0, 0.05) is 25.6 Å². The van der Waals surface area contributed by atoms with Gasteiger partial charge in [0.1, 0.15) is 0 Å². The lowest BCUT2D eigenvalue weighted by Crippen LogP contribution is -2.31. The highest BCUT2D eigenvalue weighted by Gasteiger charge is 2.02. The van der Waals surface area contributed by atoms with Gasteiger partial charge in [-0.05, 0) is 47.3 Å². The van der Waals surface area contributed by atoms with Crippen molar-refractivity contribution in [2.24, 2.45) is 0 Å². The molecule has 0 atom stereocenters. The minimum absolute atomic E-state index is 0.134. The second-order valence-corrected chi connectivity index (χ2v) is 4.38. The highest BCUT2D eigenvalue weighted by molar-refractivity contribution is 5.75. The first-order valence-electron chi connectivity index (χ1n) is 6.25. The Balaban J connectivity index is 3.24. The molecule has 0 heterocycles. The molecule has 0 aromatic rings. The lowest BCUT2D eigenvalue weighted by atomic mass is 10.3. The van der Waals surface area contributed by atoms with Crippen LogP contribution in [-0.4, -0.2) is 50.1 Å². The molecule has 16 heavy (non-hydrogen) atoms. The van der Waals surface area contributed by atoms with Gasteiger partial charge in [0.2, 0.25) is 5.91 Å². The summed E-state index contributed by atoms with van der Waals surface area (Å²) in [4.78, 5) is 13.4. The van der Waals surface area contributed by atoms with Crippen molar-refractivity contribution in [3.63, 3.8) is 0 Å². The zero-order chi connectivity index (χ0) is 12.4. The van der Waals surface area contributed by atoms with Crippen molar-refractivity contribution >= 4 is 5.91 Å². The molecule has 0 spiro atoms. The van der Waals surface area contributed by atoms with Crippen molar-refractivity contribution in [1.82, 2.24) is 15.5 Å². The van der Waals surface area contributed by atoms with E-state index in [1.165, 1.54) is 0 Å². The Morgan fingerprint density at radius 1 is 1.31 bits per heavy atom. The number of hydrogen-bond acceptors (Lipinski definition) is 3. The predicted octanol–water partition coefficient (Wildman–Crippen LogP) is 0.833. The van der Waals surface area contributed by atoms with Gasteiger partial charge in [0.05, 0.1) is 0 Å². The molecule has 96 valence electrons. The summed E-state index contributed by atoms with van der Waals surface area (Å²) >= 11 is 0. The van der Waals surface area contributed by atoms with Crippen LogP contribution >= 0.6 is 0 Å². The summed E-state index contributed by atoms with van der Waals surface area (Å²) in [7, 11) is 2.14. The van der Waals surface area contributed by atoms with Crippen LogP contribution in [0.15, 0.2) is 0 Å². The van der Waals surface area contributed by atoms with Gasteiger partial charge in [-0.3, -0.25) is 4.79 Å². The molecule has 0 unspecified atom stereocenters. The maximum absolute atomic E-state index is 11.1. The molecule has 0 radical (unpaired) electrons. The van der Waals surface area contributed by atoms with E-state index in [-0.39, 0.29) is 5.91 Å². The minimum Gasteiger partial charge on any atom is -0.356 e. The van der Waals surface area contributed by atoms with E-state index in [9.17, 15) is 4.79 Å². The minimum atomic E-state index is 0.134. The number of nitrogens with one attached hydrogen (secondary N) is 2. The zero-order valence-corrected chi connectivity index (χ0v) is 11.2. The van der Waals surface area contributed by atoms with Gasteiger partial charge in [-0.15, -0.1) is 0 Å². The maximum Gasteiger partial charge on any atom is 0.221 e. The van der Waals surface area contributed by atoms with Gasteiger partial charge in [-0.2, -0.15) is 0 Å². The zero-order valence-electron chi connectivity index (χ0n) is 11.2. The van der Waals surface area contributed by atoms with Crippen LogP contribution in [-0.2, 0) is 4.79 Å². The van der Waals surface area contributed by atoms with Gasteiger partial charge < -0.3 is 15.5 Å². The Labute approximate surface area is 99.8 Å². The topological polar surface area (TPSA) is 44.4 Å². The molecule has 0 aliphatic carbocycles. The molecule has 0 aliphatic rings. The molecular formula is C12H27N3O. The van der Waals surface area contributed by atoms with Crippen LogP contribution in [0.5, 0.6) is 0 Å².